The van der Waals surface area contributed by atoms with E-state index in [1.807, 2.05) is 24.3 Å². The molecular formula is C50H35N3O2. The van der Waals surface area contributed by atoms with Crippen LogP contribution in [0.25, 0.3) is 65.7 Å². The molecule has 0 amide bonds. The summed E-state index contributed by atoms with van der Waals surface area (Å²) in [5.41, 5.74) is 14.2. The van der Waals surface area contributed by atoms with E-state index in [0.717, 1.165) is 99.8 Å². The molecule has 0 aliphatic rings. The summed E-state index contributed by atoms with van der Waals surface area (Å²) in [6, 6.07) is 60.2. The second-order valence-corrected chi connectivity index (χ2v) is 14.4. The number of aryl methyl sites for hydroxylation is 2. The number of rotatable bonds is 6. The Morgan fingerprint density at radius 2 is 0.764 bits per heavy atom. The molecule has 0 atom stereocenters. The van der Waals surface area contributed by atoms with E-state index in [9.17, 15) is 0 Å². The van der Waals surface area contributed by atoms with Crippen molar-refractivity contribution in [1.29, 1.82) is 0 Å². The van der Waals surface area contributed by atoms with Crippen LogP contribution in [0.5, 0.6) is 0 Å². The van der Waals surface area contributed by atoms with Crippen molar-refractivity contribution in [2.24, 2.45) is 0 Å². The molecule has 5 heteroatoms. The minimum Gasteiger partial charge on any atom is -0.454 e. The van der Waals surface area contributed by atoms with Crippen LogP contribution in [-0.2, 0) is 0 Å². The lowest BCUT2D eigenvalue weighted by Crippen LogP contribution is -2.10. The van der Waals surface area contributed by atoms with Crippen LogP contribution in [0.4, 0.5) is 34.1 Å². The van der Waals surface area contributed by atoms with Crippen molar-refractivity contribution in [3.05, 3.63) is 181 Å². The maximum atomic E-state index is 6.60. The lowest BCUT2D eigenvalue weighted by atomic mass is 10.1. The van der Waals surface area contributed by atoms with Gasteiger partial charge in [-0.05, 0) is 98.8 Å². The summed E-state index contributed by atoms with van der Waals surface area (Å²) in [5.74, 6) is 0. The van der Waals surface area contributed by atoms with Crippen molar-refractivity contribution in [1.82, 2.24) is 4.98 Å². The van der Waals surface area contributed by atoms with E-state index in [1.54, 1.807) is 0 Å². The molecule has 3 heterocycles. The number of furan rings is 2. The monoisotopic (exact) mass is 709 g/mol. The molecule has 8 aromatic carbocycles. The van der Waals surface area contributed by atoms with Gasteiger partial charge in [-0.1, -0.05) is 96.1 Å². The number of hydrogen-bond donors (Lipinski definition) is 1. The Kier molecular flexibility index (Phi) is 6.92. The molecule has 0 fully saturated rings. The third-order valence-corrected chi connectivity index (χ3v) is 10.9. The van der Waals surface area contributed by atoms with Gasteiger partial charge in [-0.15, -0.1) is 0 Å². The zero-order chi connectivity index (χ0) is 36.6. The molecule has 11 aromatic rings. The van der Waals surface area contributed by atoms with Crippen molar-refractivity contribution >= 4 is 99.8 Å². The highest BCUT2D eigenvalue weighted by Crippen LogP contribution is 2.46. The third kappa shape index (κ3) is 5.01. The molecule has 0 saturated heterocycles. The first-order valence-corrected chi connectivity index (χ1v) is 18.7. The molecule has 3 aromatic heterocycles. The van der Waals surface area contributed by atoms with Crippen molar-refractivity contribution in [3.63, 3.8) is 0 Å². The predicted molar refractivity (Wildman–Crippen MR) is 229 cm³/mol. The van der Waals surface area contributed by atoms with Crippen LogP contribution in [0, 0.1) is 13.8 Å². The smallest absolute Gasteiger partial charge is 0.159 e. The van der Waals surface area contributed by atoms with Gasteiger partial charge in [0.15, 0.2) is 11.2 Å². The van der Waals surface area contributed by atoms with E-state index >= 15 is 0 Å². The fourth-order valence-electron chi connectivity index (χ4n) is 8.21. The van der Waals surface area contributed by atoms with E-state index in [4.69, 9.17) is 8.83 Å². The molecule has 0 aliphatic heterocycles. The second-order valence-electron chi connectivity index (χ2n) is 14.4. The maximum absolute atomic E-state index is 6.60. The minimum absolute atomic E-state index is 0.860. The van der Waals surface area contributed by atoms with Crippen molar-refractivity contribution < 1.29 is 8.83 Å². The van der Waals surface area contributed by atoms with Gasteiger partial charge in [0.05, 0.1) is 11.4 Å². The molecule has 1 N–H and O–H groups in total. The zero-order valence-corrected chi connectivity index (χ0v) is 30.4. The van der Waals surface area contributed by atoms with E-state index in [1.165, 1.54) is 11.1 Å². The van der Waals surface area contributed by atoms with E-state index in [-0.39, 0.29) is 0 Å². The first-order chi connectivity index (χ1) is 27.1. The van der Waals surface area contributed by atoms with E-state index < -0.39 is 0 Å². The number of nitrogens with zero attached hydrogens (tertiary/aromatic N) is 2. The van der Waals surface area contributed by atoms with Gasteiger partial charge in [0.1, 0.15) is 11.2 Å². The molecule has 11 rings (SSSR count). The van der Waals surface area contributed by atoms with E-state index in [0.29, 0.717) is 0 Å². The van der Waals surface area contributed by atoms with Gasteiger partial charge in [-0.2, -0.15) is 0 Å². The molecule has 0 saturated carbocycles. The Morgan fingerprint density at radius 1 is 0.364 bits per heavy atom. The lowest BCUT2D eigenvalue weighted by Gasteiger charge is -2.26. The van der Waals surface area contributed by atoms with Crippen LogP contribution >= 0.6 is 0 Å². The number of benzene rings is 8. The summed E-state index contributed by atoms with van der Waals surface area (Å²) < 4.78 is 13.2. The summed E-state index contributed by atoms with van der Waals surface area (Å²) in [6.45, 7) is 4.25. The minimum atomic E-state index is 0.860. The Morgan fingerprint density at radius 3 is 1.22 bits per heavy atom. The molecule has 0 spiro atoms. The molecule has 0 unspecified atom stereocenters. The van der Waals surface area contributed by atoms with Gasteiger partial charge in [-0.25, -0.2) is 0 Å². The Labute approximate surface area is 317 Å². The molecule has 0 radical (unpaired) electrons. The number of H-pyrrole nitrogens is 1. The normalized spacial score (nSPS) is 11.8. The maximum Gasteiger partial charge on any atom is 0.159 e. The quantitative estimate of drug-likeness (QED) is 0.187. The van der Waals surface area contributed by atoms with E-state index in [2.05, 4.69) is 174 Å². The largest absolute Gasteiger partial charge is 0.454 e. The number of aromatic amines is 1. The fourth-order valence-corrected chi connectivity index (χ4v) is 8.21. The summed E-state index contributed by atoms with van der Waals surface area (Å²) in [4.78, 5) is 8.33. The van der Waals surface area contributed by atoms with Crippen LogP contribution in [0.15, 0.2) is 179 Å². The van der Waals surface area contributed by atoms with Gasteiger partial charge in [0, 0.05) is 66.1 Å². The molecule has 0 aliphatic carbocycles. The summed E-state index contributed by atoms with van der Waals surface area (Å²) in [5, 5.41) is 6.68. The third-order valence-electron chi connectivity index (χ3n) is 10.9. The topological polar surface area (TPSA) is 48.6 Å². The standard InChI is InChI=1S/C50H35N3O2/c1-31-17-21-33(22-18-31)52(45-13-7-11-39-37-9-3-5-15-47(37)54-49(39)45)35-25-27-43-41(29-35)42-30-36(26-28-44(42)51-43)53(34-23-19-32(2)20-24-34)46-14-8-12-40-38-10-4-6-16-48(38)55-50(40)46/h3-30,51H,1-2H3. The Hall–Kier alpha value is -7.24. The van der Waals surface area contributed by atoms with Crippen LogP contribution in [0.2, 0.25) is 0 Å². The lowest BCUT2D eigenvalue weighted by molar-refractivity contribution is 0.668. The van der Waals surface area contributed by atoms with Gasteiger partial charge in [0.2, 0.25) is 0 Å². The number of anilines is 6. The van der Waals surface area contributed by atoms with Gasteiger partial charge >= 0.3 is 0 Å². The summed E-state index contributed by atoms with van der Waals surface area (Å²) in [6.07, 6.45) is 0. The average Bonchev–Trinajstić information content (AvgIpc) is 3.91. The van der Waals surface area contributed by atoms with Gasteiger partial charge < -0.3 is 23.6 Å². The Balaban J connectivity index is 1.12. The molecular weight excluding hydrogens is 675 g/mol. The number of nitrogens with one attached hydrogen (secondary N) is 1. The van der Waals surface area contributed by atoms with Crippen LogP contribution in [0.1, 0.15) is 11.1 Å². The highest BCUT2D eigenvalue weighted by atomic mass is 16.3. The SMILES string of the molecule is Cc1ccc(N(c2ccc3[nH]c4ccc(N(c5ccc(C)cc5)c5cccc6c5oc5ccccc56)cc4c3c2)c2cccc3c2oc2ccccc23)cc1. The van der Waals surface area contributed by atoms with Gasteiger partial charge in [0.25, 0.3) is 0 Å². The molecule has 55 heavy (non-hydrogen) atoms. The van der Waals surface area contributed by atoms with Crippen molar-refractivity contribution in [2.45, 2.75) is 13.8 Å². The van der Waals surface area contributed by atoms with Crippen LogP contribution < -0.4 is 9.80 Å². The summed E-state index contributed by atoms with van der Waals surface area (Å²) in [7, 11) is 0. The predicted octanol–water partition coefficient (Wildman–Crippen LogP) is 14.7. The number of para-hydroxylation sites is 4. The Bertz CT molecular complexity index is 3020. The highest BCUT2D eigenvalue weighted by Gasteiger charge is 2.22. The first-order valence-electron chi connectivity index (χ1n) is 18.7. The highest BCUT2D eigenvalue weighted by molar-refractivity contribution is 6.14. The second kappa shape index (κ2) is 12.2. The van der Waals surface area contributed by atoms with Crippen LogP contribution in [-0.4, -0.2) is 4.98 Å². The van der Waals surface area contributed by atoms with Crippen molar-refractivity contribution in [2.75, 3.05) is 9.80 Å². The molecule has 5 nitrogen and oxygen atoms in total. The number of aromatic nitrogens is 1. The van der Waals surface area contributed by atoms with Crippen molar-refractivity contribution in [3.8, 4) is 0 Å². The molecule has 0 bridgehead atoms. The van der Waals surface area contributed by atoms with Crippen LogP contribution in [0.3, 0.4) is 0 Å². The van der Waals surface area contributed by atoms with Gasteiger partial charge in [-0.3, -0.25) is 0 Å². The number of hydrogen-bond acceptors (Lipinski definition) is 4. The zero-order valence-electron chi connectivity index (χ0n) is 30.4. The molecule has 262 valence electrons. The fraction of sp³-hybridized carbons (Fsp3) is 0.0400. The average molecular weight is 710 g/mol. The number of fused-ring (bicyclic) bond motifs is 9. The summed E-state index contributed by atoms with van der Waals surface area (Å²) >= 11 is 0. The first kappa shape index (κ1) is 31.3.